The molecule has 0 amide bonds. The summed E-state index contributed by atoms with van der Waals surface area (Å²) in [6.07, 6.45) is 0.889. The van der Waals surface area contributed by atoms with Gasteiger partial charge in [0.2, 0.25) is 0 Å². The minimum atomic E-state index is 0. The summed E-state index contributed by atoms with van der Waals surface area (Å²) in [5.41, 5.74) is 2.16. The van der Waals surface area contributed by atoms with Crippen LogP contribution in [0.4, 0.5) is 0 Å². The first-order valence-electron chi connectivity index (χ1n) is 8.55. The maximum Gasteiger partial charge on any atom is 0.191 e. The van der Waals surface area contributed by atoms with Gasteiger partial charge in [-0.1, -0.05) is 12.1 Å². The molecule has 0 saturated carbocycles. The number of aryl methyl sites for hydroxylation is 2. The van der Waals surface area contributed by atoms with Gasteiger partial charge in [-0.25, -0.2) is 0 Å². The average molecular weight is 449 g/mol. The van der Waals surface area contributed by atoms with Crippen molar-refractivity contribution in [3.63, 3.8) is 0 Å². The Morgan fingerprint density at radius 3 is 2.58 bits per heavy atom. The highest BCUT2D eigenvalue weighted by atomic mass is 127. The molecule has 0 radical (unpaired) electrons. The number of likely N-dealkylation sites (tertiary alicyclic amines) is 1. The van der Waals surface area contributed by atoms with Crippen LogP contribution >= 0.6 is 24.0 Å². The molecule has 0 aromatic carbocycles. The molecule has 1 saturated heterocycles. The lowest BCUT2D eigenvalue weighted by Gasteiger charge is -2.22. The Bertz CT molecular complexity index is 524. The topological polar surface area (TPSA) is 65.7 Å². The Morgan fingerprint density at radius 2 is 2.08 bits per heavy atom. The fourth-order valence-corrected chi connectivity index (χ4v) is 3.15. The van der Waals surface area contributed by atoms with Crippen molar-refractivity contribution < 1.29 is 4.52 Å². The molecule has 2 heterocycles. The largest absolute Gasteiger partial charge is 0.361 e. The molecular formula is C17H32IN5O. The Hall–Kier alpha value is -0.830. The molecule has 1 fully saturated rings. The van der Waals surface area contributed by atoms with Crippen molar-refractivity contribution >= 4 is 29.9 Å². The van der Waals surface area contributed by atoms with Crippen molar-refractivity contribution in [2.24, 2.45) is 10.9 Å². The number of hydrogen-bond donors (Lipinski definition) is 2. The standard InChI is InChI=1S/C17H31N5O.HI/c1-11(2)22-9-12(3)16(10-22)20-17(18-6)19-8-7-15-13(4)21-23-14(15)5;/h11-12,16H,7-10H2,1-6H3,(H2,18,19,20);1H. The van der Waals surface area contributed by atoms with Crippen LogP contribution in [0.1, 0.15) is 37.8 Å². The molecule has 24 heavy (non-hydrogen) atoms. The summed E-state index contributed by atoms with van der Waals surface area (Å²) in [6, 6.07) is 1.04. The Morgan fingerprint density at radius 1 is 1.38 bits per heavy atom. The van der Waals surface area contributed by atoms with Crippen molar-refractivity contribution in [3.8, 4) is 0 Å². The molecule has 138 valence electrons. The molecule has 1 aromatic rings. The number of aliphatic imine (C=N–C) groups is 1. The highest BCUT2D eigenvalue weighted by Gasteiger charge is 2.31. The normalized spacial score (nSPS) is 21.9. The van der Waals surface area contributed by atoms with Crippen molar-refractivity contribution in [1.82, 2.24) is 20.7 Å². The van der Waals surface area contributed by atoms with Gasteiger partial charge in [-0.3, -0.25) is 9.89 Å². The van der Waals surface area contributed by atoms with Gasteiger partial charge in [0.25, 0.3) is 0 Å². The van der Waals surface area contributed by atoms with Gasteiger partial charge in [-0.2, -0.15) is 0 Å². The summed E-state index contributed by atoms with van der Waals surface area (Å²) < 4.78 is 5.21. The van der Waals surface area contributed by atoms with Crippen molar-refractivity contribution in [2.45, 2.75) is 53.1 Å². The number of rotatable bonds is 5. The van der Waals surface area contributed by atoms with Crippen LogP contribution in [0, 0.1) is 19.8 Å². The van der Waals surface area contributed by atoms with Crippen LogP contribution < -0.4 is 10.6 Å². The molecule has 6 nitrogen and oxygen atoms in total. The molecular weight excluding hydrogens is 417 g/mol. The lowest BCUT2D eigenvalue weighted by molar-refractivity contribution is 0.265. The average Bonchev–Trinajstić information content (AvgIpc) is 3.03. The Balaban J connectivity index is 0.00000288. The maximum atomic E-state index is 5.21. The van der Waals surface area contributed by atoms with Gasteiger partial charge in [0.1, 0.15) is 5.76 Å². The molecule has 0 spiro atoms. The monoisotopic (exact) mass is 449 g/mol. The Labute approximate surface area is 162 Å². The van der Waals surface area contributed by atoms with E-state index in [2.05, 4.69) is 46.5 Å². The SMILES string of the molecule is CN=C(NCCc1c(C)noc1C)NC1CN(C(C)C)CC1C.I. The fraction of sp³-hybridized carbons (Fsp3) is 0.765. The van der Waals surface area contributed by atoms with E-state index in [4.69, 9.17) is 4.52 Å². The van der Waals surface area contributed by atoms with E-state index in [0.29, 0.717) is 18.0 Å². The van der Waals surface area contributed by atoms with Gasteiger partial charge in [-0.05, 0) is 40.0 Å². The van der Waals surface area contributed by atoms with Crippen LogP contribution in [0.2, 0.25) is 0 Å². The fourth-order valence-electron chi connectivity index (χ4n) is 3.15. The first-order chi connectivity index (χ1) is 10.9. The van der Waals surface area contributed by atoms with Crippen molar-refractivity contribution in [2.75, 3.05) is 26.7 Å². The number of halogens is 1. The van der Waals surface area contributed by atoms with E-state index in [0.717, 1.165) is 43.5 Å². The summed E-state index contributed by atoms with van der Waals surface area (Å²) in [5, 5.41) is 11.0. The van der Waals surface area contributed by atoms with E-state index in [1.807, 2.05) is 20.9 Å². The lowest BCUT2D eigenvalue weighted by atomic mass is 10.1. The summed E-state index contributed by atoms with van der Waals surface area (Å²) >= 11 is 0. The summed E-state index contributed by atoms with van der Waals surface area (Å²) in [4.78, 5) is 6.87. The summed E-state index contributed by atoms with van der Waals surface area (Å²) in [5.74, 6) is 2.40. The van der Waals surface area contributed by atoms with E-state index in [-0.39, 0.29) is 24.0 Å². The third-order valence-corrected chi connectivity index (χ3v) is 4.77. The van der Waals surface area contributed by atoms with Gasteiger partial charge >= 0.3 is 0 Å². The number of nitrogens with one attached hydrogen (secondary N) is 2. The number of hydrogen-bond acceptors (Lipinski definition) is 4. The van der Waals surface area contributed by atoms with Crippen LogP contribution in [0.5, 0.6) is 0 Å². The van der Waals surface area contributed by atoms with E-state index < -0.39 is 0 Å². The molecule has 7 heteroatoms. The maximum absolute atomic E-state index is 5.21. The smallest absolute Gasteiger partial charge is 0.191 e. The molecule has 1 aliphatic rings. The zero-order chi connectivity index (χ0) is 17.0. The van der Waals surface area contributed by atoms with Crippen LogP contribution in [0.15, 0.2) is 9.52 Å². The van der Waals surface area contributed by atoms with E-state index >= 15 is 0 Å². The molecule has 2 N–H and O–H groups in total. The molecule has 2 rings (SSSR count). The first-order valence-corrected chi connectivity index (χ1v) is 8.55. The second-order valence-electron chi connectivity index (χ2n) is 6.83. The number of nitrogens with zero attached hydrogens (tertiary/aromatic N) is 3. The molecule has 1 aliphatic heterocycles. The second-order valence-corrected chi connectivity index (χ2v) is 6.83. The van der Waals surface area contributed by atoms with Crippen LogP contribution in [-0.2, 0) is 6.42 Å². The van der Waals surface area contributed by atoms with E-state index in [1.165, 1.54) is 5.56 Å². The minimum absolute atomic E-state index is 0. The quantitative estimate of drug-likeness (QED) is 0.411. The van der Waals surface area contributed by atoms with E-state index in [9.17, 15) is 0 Å². The van der Waals surface area contributed by atoms with E-state index in [1.54, 1.807) is 0 Å². The summed E-state index contributed by atoms with van der Waals surface area (Å²) in [7, 11) is 1.82. The van der Waals surface area contributed by atoms with Crippen LogP contribution in [0.25, 0.3) is 0 Å². The third kappa shape index (κ3) is 5.34. The van der Waals surface area contributed by atoms with Crippen LogP contribution in [0.3, 0.4) is 0 Å². The highest BCUT2D eigenvalue weighted by molar-refractivity contribution is 14.0. The molecule has 2 atom stereocenters. The Kier molecular flexibility index (Phi) is 8.49. The van der Waals surface area contributed by atoms with Gasteiger partial charge in [0, 0.05) is 44.3 Å². The molecule has 0 bridgehead atoms. The highest BCUT2D eigenvalue weighted by Crippen LogP contribution is 2.18. The van der Waals surface area contributed by atoms with Gasteiger partial charge in [-0.15, -0.1) is 24.0 Å². The summed E-state index contributed by atoms with van der Waals surface area (Å²) in [6.45, 7) is 13.8. The first kappa shape index (κ1) is 21.2. The molecule has 1 aromatic heterocycles. The lowest BCUT2D eigenvalue weighted by Crippen LogP contribution is -2.47. The van der Waals surface area contributed by atoms with Crippen molar-refractivity contribution in [1.29, 1.82) is 0 Å². The zero-order valence-corrected chi connectivity index (χ0v) is 18.0. The third-order valence-electron chi connectivity index (χ3n) is 4.77. The molecule has 0 aliphatic carbocycles. The van der Waals surface area contributed by atoms with Crippen LogP contribution in [-0.4, -0.2) is 54.8 Å². The minimum Gasteiger partial charge on any atom is -0.361 e. The van der Waals surface area contributed by atoms with Gasteiger partial charge in [0.05, 0.1) is 5.69 Å². The number of aromatic nitrogens is 1. The molecule has 2 unspecified atom stereocenters. The number of guanidine groups is 1. The van der Waals surface area contributed by atoms with Crippen molar-refractivity contribution in [3.05, 3.63) is 17.0 Å². The second kappa shape index (κ2) is 9.60. The zero-order valence-electron chi connectivity index (χ0n) is 15.7. The van der Waals surface area contributed by atoms with Gasteiger partial charge < -0.3 is 15.2 Å². The predicted octanol–water partition coefficient (Wildman–Crippen LogP) is 2.35. The van der Waals surface area contributed by atoms with Gasteiger partial charge in [0.15, 0.2) is 5.96 Å². The predicted molar refractivity (Wildman–Crippen MR) is 109 cm³/mol.